The van der Waals surface area contributed by atoms with Crippen LogP contribution in [0, 0.1) is 0 Å². The summed E-state index contributed by atoms with van der Waals surface area (Å²) in [5.41, 5.74) is 0.820. The van der Waals surface area contributed by atoms with Crippen LogP contribution in [0.25, 0.3) is 22.6 Å². The van der Waals surface area contributed by atoms with Gasteiger partial charge in [-0.15, -0.1) is 12.4 Å². The van der Waals surface area contributed by atoms with Crippen molar-refractivity contribution in [3.05, 3.63) is 45.4 Å². The first-order valence-electron chi connectivity index (χ1n) is 6.05. The molecule has 8 heteroatoms. The first-order chi connectivity index (χ1) is 9.52. The van der Waals surface area contributed by atoms with E-state index in [1.54, 1.807) is 37.1 Å². The van der Waals surface area contributed by atoms with Crippen LogP contribution in [-0.4, -0.2) is 23.7 Å². The van der Waals surface area contributed by atoms with Gasteiger partial charge in [0.1, 0.15) is 5.82 Å². The molecule has 0 saturated heterocycles. The predicted octanol–water partition coefficient (Wildman–Crippen LogP) is 0.454. The van der Waals surface area contributed by atoms with Crippen molar-refractivity contribution in [3.8, 4) is 11.4 Å². The highest BCUT2D eigenvalue weighted by Crippen LogP contribution is 2.19. The Hall–Kier alpha value is -2.41. The SMILES string of the molecule is Cl.Cn1c(=O)c2c(nc(-c3cccnc3)n2C)n(C)c1=O. The summed E-state index contributed by atoms with van der Waals surface area (Å²) in [4.78, 5) is 32.6. The number of fused-ring (bicyclic) bond motifs is 1. The molecule has 0 radical (unpaired) electrons. The van der Waals surface area contributed by atoms with Crippen LogP contribution in [0.5, 0.6) is 0 Å². The molecule has 110 valence electrons. The summed E-state index contributed by atoms with van der Waals surface area (Å²) in [5.74, 6) is 0.603. The third-order valence-electron chi connectivity index (χ3n) is 3.40. The van der Waals surface area contributed by atoms with Crippen molar-refractivity contribution in [3.63, 3.8) is 0 Å². The highest BCUT2D eigenvalue weighted by molar-refractivity contribution is 5.85. The summed E-state index contributed by atoms with van der Waals surface area (Å²) in [5, 5.41) is 0. The van der Waals surface area contributed by atoms with Gasteiger partial charge in [-0.25, -0.2) is 9.78 Å². The van der Waals surface area contributed by atoms with Crippen LogP contribution in [0.1, 0.15) is 0 Å². The predicted molar refractivity (Wildman–Crippen MR) is 81.7 cm³/mol. The quantitative estimate of drug-likeness (QED) is 0.654. The van der Waals surface area contributed by atoms with E-state index < -0.39 is 5.69 Å². The van der Waals surface area contributed by atoms with Crippen molar-refractivity contribution < 1.29 is 0 Å². The third-order valence-corrected chi connectivity index (χ3v) is 3.40. The van der Waals surface area contributed by atoms with Crippen LogP contribution in [0.2, 0.25) is 0 Å². The summed E-state index contributed by atoms with van der Waals surface area (Å²) < 4.78 is 4.14. The fourth-order valence-electron chi connectivity index (χ4n) is 2.27. The summed E-state index contributed by atoms with van der Waals surface area (Å²) in [7, 11) is 4.81. The molecule has 3 heterocycles. The molecule has 0 aliphatic carbocycles. The molecular weight excluding hydrogens is 294 g/mol. The molecular formula is C13H14ClN5O2. The Kier molecular flexibility index (Phi) is 3.69. The number of aryl methyl sites for hydroxylation is 2. The molecule has 0 fully saturated rings. The Labute approximate surface area is 125 Å². The van der Waals surface area contributed by atoms with E-state index in [0.29, 0.717) is 17.0 Å². The van der Waals surface area contributed by atoms with Crippen molar-refractivity contribution in [2.24, 2.45) is 21.1 Å². The second-order valence-electron chi connectivity index (χ2n) is 4.61. The Morgan fingerprint density at radius 3 is 2.38 bits per heavy atom. The molecule has 3 aromatic rings. The van der Waals surface area contributed by atoms with E-state index in [-0.39, 0.29) is 18.0 Å². The molecule has 3 aromatic heterocycles. The standard InChI is InChI=1S/C13H13N5O2.ClH/c1-16-9-11(17(2)13(20)18(3)12(9)19)15-10(16)8-5-4-6-14-7-8;/h4-7H,1-3H3;1H. The topological polar surface area (TPSA) is 74.7 Å². The monoisotopic (exact) mass is 307 g/mol. The van der Waals surface area contributed by atoms with E-state index in [1.807, 2.05) is 6.07 Å². The number of pyridine rings is 1. The molecule has 7 nitrogen and oxygen atoms in total. The van der Waals surface area contributed by atoms with Crippen LogP contribution in [0.4, 0.5) is 0 Å². The second kappa shape index (κ2) is 5.17. The number of rotatable bonds is 1. The maximum Gasteiger partial charge on any atom is 0.332 e. The maximum atomic E-state index is 12.2. The van der Waals surface area contributed by atoms with Gasteiger partial charge in [-0.1, -0.05) is 0 Å². The number of hydrogen-bond donors (Lipinski definition) is 0. The largest absolute Gasteiger partial charge is 0.332 e. The minimum atomic E-state index is -0.390. The van der Waals surface area contributed by atoms with Crippen molar-refractivity contribution in [2.45, 2.75) is 0 Å². The fourth-order valence-corrected chi connectivity index (χ4v) is 2.27. The van der Waals surface area contributed by atoms with Gasteiger partial charge in [0, 0.05) is 39.1 Å². The zero-order valence-electron chi connectivity index (χ0n) is 11.8. The van der Waals surface area contributed by atoms with Gasteiger partial charge >= 0.3 is 5.69 Å². The van der Waals surface area contributed by atoms with Gasteiger partial charge in [0.25, 0.3) is 5.56 Å². The molecule has 0 bridgehead atoms. The van der Waals surface area contributed by atoms with Gasteiger partial charge in [0.2, 0.25) is 0 Å². The third kappa shape index (κ3) is 2.06. The first kappa shape index (κ1) is 15.0. The van der Waals surface area contributed by atoms with E-state index >= 15 is 0 Å². The molecule has 3 rings (SSSR count). The molecule has 21 heavy (non-hydrogen) atoms. The summed E-state index contributed by atoms with van der Waals surface area (Å²) in [6.45, 7) is 0. The van der Waals surface area contributed by atoms with Gasteiger partial charge in [0.05, 0.1) is 0 Å². The number of imidazole rings is 1. The lowest BCUT2D eigenvalue weighted by Gasteiger charge is -2.03. The van der Waals surface area contributed by atoms with Crippen molar-refractivity contribution in [1.82, 2.24) is 23.7 Å². The Morgan fingerprint density at radius 2 is 1.76 bits per heavy atom. The van der Waals surface area contributed by atoms with Gasteiger partial charge in [-0.05, 0) is 12.1 Å². The molecule has 0 saturated carbocycles. The molecule has 0 atom stereocenters. The lowest BCUT2D eigenvalue weighted by Crippen LogP contribution is -2.37. The fraction of sp³-hybridized carbons (Fsp3) is 0.231. The highest BCUT2D eigenvalue weighted by Gasteiger charge is 2.17. The Morgan fingerprint density at radius 1 is 1.05 bits per heavy atom. The molecule has 0 spiro atoms. The number of hydrogen-bond acceptors (Lipinski definition) is 4. The molecule has 0 N–H and O–H groups in total. The Balaban J connectivity index is 0.00000161. The minimum Gasteiger partial charge on any atom is -0.321 e. The van der Waals surface area contributed by atoms with E-state index in [0.717, 1.165) is 10.1 Å². The average Bonchev–Trinajstić information content (AvgIpc) is 2.81. The normalized spacial score (nSPS) is 10.6. The number of halogens is 1. The molecule has 0 unspecified atom stereocenters. The summed E-state index contributed by atoms with van der Waals surface area (Å²) >= 11 is 0. The zero-order chi connectivity index (χ0) is 14.4. The molecule has 0 amide bonds. The number of aromatic nitrogens is 5. The van der Waals surface area contributed by atoms with Gasteiger partial charge in [-0.2, -0.15) is 0 Å². The second-order valence-corrected chi connectivity index (χ2v) is 4.61. The molecule has 0 aliphatic heterocycles. The Bertz CT molecular complexity index is 924. The highest BCUT2D eigenvalue weighted by atomic mass is 35.5. The van der Waals surface area contributed by atoms with E-state index in [1.165, 1.54) is 11.6 Å². The van der Waals surface area contributed by atoms with Crippen molar-refractivity contribution in [2.75, 3.05) is 0 Å². The minimum absolute atomic E-state index is 0. The van der Waals surface area contributed by atoms with Gasteiger partial charge in [0.15, 0.2) is 11.2 Å². The van der Waals surface area contributed by atoms with E-state index in [9.17, 15) is 9.59 Å². The maximum absolute atomic E-state index is 12.2. The van der Waals surface area contributed by atoms with Crippen LogP contribution in [-0.2, 0) is 21.1 Å². The lowest BCUT2D eigenvalue weighted by atomic mass is 10.3. The van der Waals surface area contributed by atoms with E-state index in [4.69, 9.17) is 0 Å². The van der Waals surface area contributed by atoms with Gasteiger partial charge in [-0.3, -0.25) is 18.9 Å². The molecule has 0 aliphatic rings. The van der Waals surface area contributed by atoms with Crippen molar-refractivity contribution >= 4 is 23.6 Å². The number of nitrogens with zero attached hydrogens (tertiary/aromatic N) is 5. The summed E-state index contributed by atoms with van der Waals surface area (Å²) in [6.07, 6.45) is 3.34. The summed E-state index contributed by atoms with van der Waals surface area (Å²) in [6, 6.07) is 3.66. The van der Waals surface area contributed by atoms with Crippen molar-refractivity contribution in [1.29, 1.82) is 0 Å². The average molecular weight is 308 g/mol. The van der Waals surface area contributed by atoms with Crippen LogP contribution in [0.3, 0.4) is 0 Å². The first-order valence-corrected chi connectivity index (χ1v) is 6.05. The van der Waals surface area contributed by atoms with Crippen LogP contribution >= 0.6 is 12.4 Å². The van der Waals surface area contributed by atoms with Crippen LogP contribution < -0.4 is 11.2 Å². The zero-order valence-corrected chi connectivity index (χ0v) is 12.6. The lowest BCUT2D eigenvalue weighted by molar-refractivity contribution is 0.705. The van der Waals surface area contributed by atoms with E-state index in [2.05, 4.69) is 9.97 Å². The van der Waals surface area contributed by atoms with Crippen LogP contribution in [0.15, 0.2) is 34.1 Å². The molecule has 0 aromatic carbocycles. The van der Waals surface area contributed by atoms with Gasteiger partial charge < -0.3 is 4.57 Å². The smallest absolute Gasteiger partial charge is 0.321 e.